The summed E-state index contributed by atoms with van der Waals surface area (Å²) >= 11 is 0. The van der Waals surface area contributed by atoms with Crippen molar-refractivity contribution < 1.29 is 8.42 Å². The molecule has 1 atom stereocenters. The second-order valence-corrected chi connectivity index (χ2v) is 5.59. The third-order valence-corrected chi connectivity index (χ3v) is 4.25. The van der Waals surface area contributed by atoms with Crippen LogP contribution in [0.5, 0.6) is 0 Å². The van der Waals surface area contributed by atoms with Gasteiger partial charge in [-0.05, 0) is 6.42 Å². The predicted molar refractivity (Wildman–Crippen MR) is 60.8 cm³/mol. The fourth-order valence-electron chi connectivity index (χ4n) is 1.66. The van der Waals surface area contributed by atoms with Gasteiger partial charge in [0.1, 0.15) is 0 Å². The van der Waals surface area contributed by atoms with E-state index in [0.717, 1.165) is 6.42 Å². The third kappa shape index (κ3) is 1.95. The van der Waals surface area contributed by atoms with Crippen LogP contribution in [0.3, 0.4) is 0 Å². The molecule has 1 aromatic rings. The van der Waals surface area contributed by atoms with E-state index in [1.165, 1.54) is 0 Å². The van der Waals surface area contributed by atoms with Gasteiger partial charge >= 0.3 is 0 Å². The van der Waals surface area contributed by atoms with Crippen molar-refractivity contribution in [2.45, 2.75) is 19.4 Å². The van der Waals surface area contributed by atoms with Crippen molar-refractivity contribution in [3.63, 3.8) is 0 Å². The normalized spacial score (nSPS) is 23.8. The van der Waals surface area contributed by atoms with Crippen LogP contribution in [0.4, 0.5) is 0 Å². The van der Waals surface area contributed by atoms with Gasteiger partial charge in [0.15, 0.2) is 14.9 Å². The summed E-state index contributed by atoms with van der Waals surface area (Å²) in [5.41, 5.74) is 0.702. The molecule has 1 aromatic carbocycles. The first kappa shape index (κ1) is 10.4. The maximum absolute atomic E-state index is 11.8. The van der Waals surface area contributed by atoms with E-state index >= 15 is 0 Å². The van der Waals surface area contributed by atoms with Gasteiger partial charge in [-0.1, -0.05) is 37.3 Å². The SMILES string of the molecule is CC[C@@H]1CS(=O)(=O)C(c2ccccc2)=N1. The molecule has 0 aliphatic carbocycles. The van der Waals surface area contributed by atoms with E-state index < -0.39 is 9.84 Å². The summed E-state index contributed by atoms with van der Waals surface area (Å²) in [6.07, 6.45) is 0.773. The van der Waals surface area contributed by atoms with E-state index in [4.69, 9.17) is 0 Å². The monoisotopic (exact) mass is 223 g/mol. The molecule has 4 heteroatoms. The van der Waals surface area contributed by atoms with Crippen molar-refractivity contribution in [1.82, 2.24) is 0 Å². The largest absolute Gasteiger partial charge is 0.269 e. The van der Waals surface area contributed by atoms with Gasteiger partial charge in [0.25, 0.3) is 0 Å². The summed E-state index contributed by atoms with van der Waals surface area (Å²) in [7, 11) is -3.15. The van der Waals surface area contributed by atoms with E-state index in [0.29, 0.717) is 5.56 Å². The zero-order chi connectivity index (χ0) is 10.9. The summed E-state index contributed by atoms with van der Waals surface area (Å²) in [6, 6.07) is 9.02. The van der Waals surface area contributed by atoms with E-state index in [2.05, 4.69) is 4.99 Å². The van der Waals surface area contributed by atoms with Crippen LogP contribution in [0.15, 0.2) is 35.3 Å². The summed E-state index contributed by atoms with van der Waals surface area (Å²) < 4.78 is 23.6. The molecule has 80 valence electrons. The van der Waals surface area contributed by atoms with Crippen LogP contribution in [-0.2, 0) is 9.84 Å². The first-order chi connectivity index (χ1) is 7.13. The average molecular weight is 223 g/mol. The Bertz CT molecular complexity index is 477. The molecular formula is C11H13NO2S. The maximum Gasteiger partial charge on any atom is 0.197 e. The quantitative estimate of drug-likeness (QED) is 0.765. The summed E-state index contributed by atoms with van der Waals surface area (Å²) in [5, 5.41) is 0.259. The summed E-state index contributed by atoms with van der Waals surface area (Å²) in [4.78, 5) is 4.26. The van der Waals surface area contributed by atoms with Crippen molar-refractivity contribution in [1.29, 1.82) is 0 Å². The molecule has 3 nitrogen and oxygen atoms in total. The molecule has 15 heavy (non-hydrogen) atoms. The minimum Gasteiger partial charge on any atom is -0.269 e. The highest BCUT2D eigenvalue weighted by Crippen LogP contribution is 2.19. The Morgan fingerprint density at radius 2 is 2.00 bits per heavy atom. The standard InChI is InChI=1S/C11H13NO2S/c1-2-10-8-15(13,14)11(12-10)9-6-4-3-5-7-9/h3-7,10H,2,8H2,1H3/t10-/m1/s1. The number of aliphatic imine (C=N–C) groups is 1. The van der Waals surface area contributed by atoms with Crippen LogP contribution in [-0.4, -0.2) is 25.3 Å². The Hall–Kier alpha value is -1.16. The van der Waals surface area contributed by atoms with Gasteiger partial charge in [0.05, 0.1) is 11.8 Å². The first-order valence-electron chi connectivity index (χ1n) is 4.99. The number of hydrogen-bond donors (Lipinski definition) is 0. The molecule has 0 saturated carbocycles. The molecule has 1 aliphatic rings. The Labute approximate surface area is 89.8 Å². The molecule has 0 unspecified atom stereocenters. The molecule has 1 heterocycles. The molecule has 0 N–H and O–H groups in total. The topological polar surface area (TPSA) is 46.5 Å². The Balaban J connectivity index is 2.45. The van der Waals surface area contributed by atoms with Crippen LogP contribution in [0.2, 0.25) is 0 Å². The predicted octanol–water partition coefficient (Wildman–Crippen LogP) is 1.64. The lowest BCUT2D eigenvalue weighted by atomic mass is 10.2. The zero-order valence-corrected chi connectivity index (χ0v) is 9.37. The van der Waals surface area contributed by atoms with Gasteiger partial charge < -0.3 is 0 Å². The third-order valence-electron chi connectivity index (χ3n) is 2.50. The highest BCUT2D eigenvalue weighted by atomic mass is 32.2. The second kappa shape index (κ2) is 3.77. The van der Waals surface area contributed by atoms with Crippen LogP contribution < -0.4 is 0 Å². The Morgan fingerprint density at radius 3 is 2.53 bits per heavy atom. The average Bonchev–Trinajstić information content (AvgIpc) is 2.55. The molecular weight excluding hydrogens is 210 g/mol. The number of benzene rings is 1. The van der Waals surface area contributed by atoms with Crippen molar-refractivity contribution in [3.05, 3.63) is 35.9 Å². The van der Waals surface area contributed by atoms with Crippen molar-refractivity contribution in [2.24, 2.45) is 4.99 Å². The summed E-state index contributed by atoms with van der Waals surface area (Å²) in [6.45, 7) is 1.96. The minimum atomic E-state index is -3.15. The molecule has 0 saturated heterocycles. The van der Waals surface area contributed by atoms with Gasteiger partial charge in [-0.3, -0.25) is 4.99 Å². The van der Waals surface area contributed by atoms with Crippen molar-refractivity contribution in [2.75, 3.05) is 5.75 Å². The second-order valence-electron chi connectivity index (χ2n) is 3.64. The molecule has 0 bridgehead atoms. The molecule has 2 rings (SSSR count). The fraction of sp³-hybridized carbons (Fsp3) is 0.364. The van der Waals surface area contributed by atoms with E-state index in [9.17, 15) is 8.42 Å². The zero-order valence-electron chi connectivity index (χ0n) is 8.55. The van der Waals surface area contributed by atoms with E-state index in [-0.39, 0.29) is 16.8 Å². The lowest BCUT2D eigenvalue weighted by molar-refractivity contribution is 0.602. The lowest BCUT2D eigenvalue weighted by Crippen LogP contribution is -2.15. The molecule has 0 amide bonds. The fourth-order valence-corrected chi connectivity index (χ4v) is 3.44. The minimum absolute atomic E-state index is 0.0646. The van der Waals surface area contributed by atoms with E-state index in [1.54, 1.807) is 12.1 Å². The lowest BCUT2D eigenvalue weighted by Gasteiger charge is -1.98. The highest BCUT2D eigenvalue weighted by molar-refractivity contribution is 8.07. The number of rotatable bonds is 2. The van der Waals surface area contributed by atoms with Crippen molar-refractivity contribution in [3.8, 4) is 0 Å². The molecule has 0 fully saturated rings. The maximum atomic E-state index is 11.8. The van der Waals surface area contributed by atoms with E-state index in [1.807, 2.05) is 25.1 Å². The van der Waals surface area contributed by atoms with Crippen LogP contribution >= 0.6 is 0 Å². The summed E-state index contributed by atoms with van der Waals surface area (Å²) in [5.74, 6) is 0.160. The van der Waals surface area contributed by atoms with Gasteiger partial charge in [-0.2, -0.15) is 0 Å². The molecule has 1 aliphatic heterocycles. The van der Waals surface area contributed by atoms with Crippen LogP contribution in [0, 0.1) is 0 Å². The van der Waals surface area contributed by atoms with Gasteiger partial charge in [0.2, 0.25) is 0 Å². The smallest absolute Gasteiger partial charge is 0.197 e. The van der Waals surface area contributed by atoms with Gasteiger partial charge in [-0.25, -0.2) is 8.42 Å². The highest BCUT2D eigenvalue weighted by Gasteiger charge is 2.31. The van der Waals surface area contributed by atoms with Gasteiger partial charge in [0, 0.05) is 5.56 Å². The number of hydrogen-bond acceptors (Lipinski definition) is 3. The van der Waals surface area contributed by atoms with Crippen molar-refractivity contribution >= 4 is 14.9 Å². The Morgan fingerprint density at radius 1 is 1.33 bits per heavy atom. The molecule has 0 spiro atoms. The number of nitrogens with zero attached hydrogens (tertiary/aromatic N) is 1. The number of sulfone groups is 1. The van der Waals surface area contributed by atoms with Crippen LogP contribution in [0.25, 0.3) is 0 Å². The Kier molecular flexibility index (Phi) is 2.61. The van der Waals surface area contributed by atoms with Gasteiger partial charge in [-0.15, -0.1) is 0 Å². The molecule has 0 aromatic heterocycles. The first-order valence-corrected chi connectivity index (χ1v) is 6.64. The molecule has 0 radical (unpaired) electrons. The van der Waals surface area contributed by atoms with Crippen LogP contribution in [0.1, 0.15) is 18.9 Å².